The average Bonchev–Trinajstić information content (AvgIpc) is 4.00. The quantitative estimate of drug-likeness (QED) is 0.128. The summed E-state index contributed by atoms with van der Waals surface area (Å²) in [6, 6.07) is 98.8. The second-order valence-electron chi connectivity index (χ2n) is 17.8. The van der Waals surface area contributed by atoms with Crippen LogP contribution in [0.3, 0.4) is 0 Å². The van der Waals surface area contributed by atoms with E-state index in [1.807, 2.05) is 22.7 Å². The van der Waals surface area contributed by atoms with Gasteiger partial charge >= 0.3 is 0 Å². The molecular weight excluding hydrogens is 899 g/mol. The van der Waals surface area contributed by atoms with E-state index in [1.165, 1.54) is 62.6 Å². The fraction of sp³-hybridized carbons (Fsp3) is 0. The Morgan fingerprint density at radius 1 is 0.183 bits per heavy atom. The van der Waals surface area contributed by atoms with E-state index < -0.39 is 0 Å². The number of para-hydroxylation sites is 5. The fourth-order valence-corrected chi connectivity index (χ4v) is 12.2. The predicted octanol–water partition coefficient (Wildman–Crippen LogP) is 20.2. The predicted molar refractivity (Wildman–Crippen MR) is 307 cm³/mol. The van der Waals surface area contributed by atoms with Crippen molar-refractivity contribution in [2.24, 2.45) is 0 Å². The van der Waals surface area contributed by atoms with E-state index in [1.54, 1.807) is 0 Å². The molecule has 0 bridgehead atoms. The van der Waals surface area contributed by atoms with E-state index in [0.717, 1.165) is 51.2 Å². The van der Waals surface area contributed by atoms with Gasteiger partial charge in [-0.05, 0) is 156 Å². The minimum atomic E-state index is 1.12. The molecule has 336 valence electrons. The van der Waals surface area contributed by atoms with Crippen LogP contribution in [0.2, 0.25) is 0 Å². The zero-order valence-corrected chi connectivity index (χ0v) is 40.3. The summed E-state index contributed by atoms with van der Waals surface area (Å²) in [5.74, 6) is 0. The minimum absolute atomic E-state index is 1.12. The number of nitrogens with zero attached hydrogens (tertiary/aromatic N) is 3. The van der Waals surface area contributed by atoms with Crippen LogP contribution in [0.1, 0.15) is 0 Å². The van der Waals surface area contributed by atoms with Gasteiger partial charge in [0.05, 0.1) is 0 Å². The topological polar surface area (TPSA) is 9.72 Å². The third-order valence-electron chi connectivity index (χ3n) is 13.4. The van der Waals surface area contributed by atoms with Crippen LogP contribution >= 0.6 is 22.7 Å². The number of anilines is 9. The maximum atomic E-state index is 2.40. The molecule has 11 aromatic carbocycles. The van der Waals surface area contributed by atoms with Crippen molar-refractivity contribution in [3.8, 4) is 22.3 Å². The lowest BCUT2D eigenvalue weighted by atomic mass is 10.0. The number of hydrogen-bond donors (Lipinski definition) is 0. The molecule has 0 fully saturated rings. The van der Waals surface area contributed by atoms with E-state index in [0.29, 0.717) is 0 Å². The molecule has 0 spiro atoms. The summed E-state index contributed by atoms with van der Waals surface area (Å²) < 4.78 is 5.10. The monoisotopic (exact) mass is 943 g/mol. The number of hydrogen-bond acceptors (Lipinski definition) is 5. The van der Waals surface area contributed by atoms with Gasteiger partial charge in [0, 0.05) is 91.5 Å². The standard InChI is InChI=1S/C66H45N3S2/c1-6-16-50(17-7-1)67(51-18-8-2-9-19-51)55-32-26-46(27-33-55)48-30-40-63-61(42-48)59-38-36-57(44-65(59)70-63)69(54-24-14-5-15-25-54)58-37-39-60-62-43-49(31-41-64(62)71-66(60)45-58)47-28-34-56(35-29-47)68(52-20-10-3-11-21-52)53-22-12-4-13-23-53/h1-45H. The molecule has 13 rings (SSSR count). The van der Waals surface area contributed by atoms with Crippen molar-refractivity contribution < 1.29 is 0 Å². The van der Waals surface area contributed by atoms with E-state index in [-0.39, 0.29) is 0 Å². The summed E-state index contributed by atoms with van der Waals surface area (Å²) >= 11 is 3.72. The molecule has 13 aromatic rings. The zero-order valence-electron chi connectivity index (χ0n) is 38.6. The largest absolute Gasteiger partial charge is 0.311 e. The van der Waals surface area contributed by atoms with Crippen LogP contribution in [0.4, 0.5) is 51.2 Å². The van der Waals surface area contributed by atoms with Crippen molar-refractivity contribution in [3.63, 3.8) is 0 Å². The van der Waals surface area contributed by atoms with Gasteiger partial charge in [-0.1, -0.05) is 140 Å². The molecule has 0 unspecified atom stereocenters. The summed E-state index contributed by atoms with van der Waals surface area (Å²) in [6.45, 7) is 0. The molecule has 0 radical (unpaired) electrons. The van der Waals surface area contributed by atoms with E-state index in [9.17, 15) is 0 Å². The summed E-state index contributed by atoms with van der Waals surface area (Å²) in [5.41, 5.74) is 15.0. The molecule has 71 heavy (non-hydrogen) atoms. The van der Waals surface area contributed by atoms with Gasteiger partial charge < -0.3 is 14.7 Å². The lowest BCUT2D eigenvalue weighted by Gasteiger charge is -2.25. The molecule has 0 saturated carbocycles. The molecular formula is C66H45N3S2. The molecule has 2 heterocycles. The Hall–Kier alpha value is -8.74. The van der Waals surface area contributed by atoms with Crippen LogP contribution in [-0.2, 0) is 0 Å². The SMILES string of the molecule is c1ccc(N(c2ccccc2)c2ccc(-c3ccc4sc5cc(N(c6ccccc6)c6ccc7c(c6)sc6ccc(-c8ccc(N(c9ccccc9)c9ccccc9)cc8)cc67)ccc5c4c3)cc2)cc1. The van der Waals surface area contributed by atoms with Crippen LogP contribution < -0.4 is 14.7 Å². The molecule has 5 heteroatoms. The van der Waals surface area contributed by atoms with Crippen LogP contribution in [0.25, 0.3) is 62.6 Å². The van der Waals surface area contributed by atoms with Gasteiger partial charge in [0.1, 0.15) is 0 Å². The lowest BCUT2D eigenvalue weighted by molar-refractivity contribution is 1.28. The molecule has 0 atom stereocenters. The molecule has 0 aliphatic heterocycles. The molecule has 0 aliphatic rings. The highest BCUT2D eigenvalue weighted by Gasteiger charge is 2.19. The van der Waals surface area contributed by atoms with Gasteiger partial charge in [-0.25, -0.2) is 0 Å². The lowest BCUT2D eigenvalue weighted by Crippen LogP contribution is -2.09. The van der Waals surface area contributed by atoms with Crippen LogP contribution in [-0.4, -0.2) is 0 Å². The van der Waals surface area contributed by atoms with Crippen molar-refractivity contribution in [2.75, 3.05) is 14.7 Å². The number of rotatable bonds is 11. The van der Waals surface area contributed by atoms with Crippen molar-refractivity contribution in [3.05, 3.63) is 273 Å². The van der Waals surface area contributed by atoms with Gasteiger partial charge in [0.15, 0.2) is 0 Å². The minimum Gasteiger partial charge on any atom is -0.311 e. The van der Waals surface area contributed by atoms with E-state index >= 15 is 0 Å². The van der Waals surface area contributed by atoms with Crippen LogP contribution in [0, 0.1) is 0 Å². The van der Waals surface area contributed by atoms with Gasteiger partial charge in [-0.3, -0.25) is 0 Å². The maximum absolute atomic E-state index is 2.40. The molecule has 3 nitrogen and oxygen atoms in total. The van der Waals surface area contributed by atoms with Crippen molar-refractivity contribution in [2.45, 2.75) is 0 Å². The normalized spacial score (nSPS) is 11.4. The van der Waals surface area contributed by atoms with Crippen LogP contribution in [0.5, 0.6) is 0 Å². The van der Waals surface area contributed by atoms with Gasteiger partial charge in [0.25, 0.3) is 0 Å². The average molecular weight is 944 g/mol. The number of benzene rings is 11. The number of thiophene rings is 2. The molecule has 0 N–H and O–H groups in total. The zero-order chi connectivity index (χ0) is 47.1. The Morgan fingerprint density at radius 3 is 0.775 bits per heavy atom. The Labute approximate surface area is 421 Å². The van der Waals surface area contributed by atoms with Crippen molar-refractivity contribution >= 4 is 114 Å². The summed E-state index contributed by atoms with van der Waals surface area (Å²) in [6.07, 6.45) is 0. The Morgan fingerprint density at radius 2 is 0.451 bits per heavy atom. The van der Waals surface area contributed by atoms with E-state index in [2.05, 4.69) is 288 Å². The highest BCUT2D eigenvalue weighted by atomic mass is 32.1. The summed E-state index contributed by atoms with van der Waals surface area (Å²) in [4.78, 5) is 7.01. The van der Waals surface area contributed by atoms with Gasteiger partial charge in [-0.15, -0.1) is 22.7 Å². The maximum Gasteiger partial charge on any atom is 0.0476 e. The van der Waals surface area contributed by atoms with Crippen molar-refractivity contribution in [1.82, 2.24) is 0 Å². The first kappa shape index (κ1) is 42.4. The second-order valence-corrected chi connectivity index (χ2v) is 19.9. The van der Waals surface area contributed by atoms with Crippen LogP contribution in [0.15, 0.2) is 273 Å². The first-order chi connectivity index (χ1) is 35.2. The Kier molecular flexibility index (Phi) is 10.9. The molecule has 0 aliphatic carbocycles. The molecule has 2 aromatic heterocycles. The smallest absolute Gasteiger partial charge is 0.0476 e. The third-order valence-corrected chi connectivity index (χ3v) is 15.7. The highest BCUT2D eigenvalue weighted by molar-refractivity contribution is 7.26. The molecule has 0 saturated heterocycles. The Balaban J connectivity index is 0.809. The summed E-state index contributed by atoms with van der Waals surface area (Å²) in [5, 5.41) is 5.11. The highest BCUT2D eigenvalue weighted by Crippen LogP contribution is 2.45. The second kappa shape index (κ2) is 18.3. The first-order valence-electron chi connectivity index (χ1n) is 24.0. The fourth-order valence-electron chi connectivity index (χ4n) is 10.0. The van der Waals surface area contributed by atoms with E-state index in [4.69, 9.17) is 0 Å². The van der Waals surface area contributed by atoms with Gasteiger partial charge in [0.2, 0.25) is 0 Å². The Bertz CT molecular complexity index is 3640. The molecule has 0 amide bonds. The third kappa shape index (κ3) is 8.07. The van der Waals surface area contributed by atoms with Crippen molar-refractivity contribution in [1.29, 1.82) is 0 Å². The first-order valence-corrected chi connectivity index (χ1v) is 25.6. The van der Waals surface area contributed by atoms with Gasteiger partial charge in [-0.2, -0.15) is 0 Å². The number of fused-ring (bicyclic) bond motifs is 6. The summed E-state index contributed by atoms with van der Waals surface area (Å²) in [7, 11) is 0.